The van der Waals surface area contributed by atoms with Gasteiger partial charge in [0.1, 0.15) is 0 Å². The molecule has 2 nitrogen and oxygen atoms in total. The molecule has 0 unspecified atom stereocenters. The Morgan fingerprint density at radius 2 is 0.619 bits per heavy atom. The lowest BCUT2D eigenvalue weighted by molar-refractivity contribution is 1.54. The van der Waals surface area contributed by atoms with E-state index in [9.17, 15) is 0 Å². The molecule has 0 N–H and O–H groups in total. The molecular weight excluding hydrogens is 508 g/mol. The Hall–Kier alpha value is -5.60. The highest BCUT2D eigenvalue weighted by atomic mass is 14.7. The Balaban J connectivity index is 1.25. The number of rotatable bonds is 4. The average molecular weight is 535 g/mol. The Morgan fingerprint density at radius 1 is 0.310 bits per heavy atom. The summed E-state index contributed by atoms with van der Waals surface area (Å²) in [6, 6.07) is 51.2. The van der Waals surface area contributed by atoms with Crippen LogP contribution >= 0.6 is 0 Å². The molecule has 8 rings (SSSR count). The Labute approximate surface area is 243 Å². The molecule has 0 fully saturated rings. The van der Waals surface area contributed by atoms with Gasteiger partial charge in [0.15, 0.2) is 0 Å². The molecule has 0 amide bonds. The van der Waals surface area contributed by atoms with Crippen LogP contribution in [-0.2, 0) is 0 Å². The van der Waals surface area contributed by atoms with Crippen molar-refractivity contribution in [3.8, 4) is 0 Å². The summed E-state index contributed by atoms with van der Waals surface area (Å²) in [6.07, 6.45) is 4.05. The third kappa shape index (κ3) is 4.13. The second-order valence-electron chi connectivity index (χ2n) is 10.6. The van der Waals surface area contributed by atoms with E-state index in [-0.39, 0.29) is 0 Å². The first-order chi connectivity index (χ1) is 20.8. The molecule has 8 aromatic carbocycles. The molecule has 0 saturated carbocycles. The van der Waals surface area contributed by atoms with Crippen LogP contribution in [0.15, 0.2) is 156 Å². The molecule has 0 spiro atoms. The van der Waals surface area contributed by atoms with Crippen molar-refractivity contribution in [2.45, 2.75) is 0 Å². The first kappa shape index (κ1) is 24.2. The van der Waals surface area contributed by atoms with E-state index in [1.165, 1.54) is 43.1 Å². The number of nitrogens with zero attached hydrogens (tertiary/aromatic N) is 2. The van der Waals surface area contributed by atoms with Gasteiger partial charge in [0, 0.05) is 34.3 Å². The Morgan fingerprint density at radius 3 is 0.976 bits per heavy atom. The van der Waals surface area contributed by atoms with Crippen LogP contribution in [0.5, 0.6) is 0 Å². The van der Waals surface area contributed by atoms with Crippen LogP contribution in [0.2, 0.25) is 0 Å². The van der Waals surface area contributed by atoms with Crippen LogP contribution in [0.1, 0.15) is 11.1 Å². The normalized spacial score (nSPS) is 12.1. The van der Waals surface area contributed by atoms with Crippen molar-refractivity contribution in [1.82, 2.24) is 0 Å². The van der Waals surface area contributed by atoms with Crippen molar-refractivity contribution in [2.75, 3.05) is 0 Å². The molecule has 42 heavy (non-hydrogen) atoms. The summed E-state index contributed by atoms with van der Waals surface area (Å²) in [5.41, 5.74) is 4.13. The zero-order chi connectivity index (χ0) is 27.9. The van der Waals surface area contributed by atoms with Crippen LogP contribution < -0.4 is 0 Å². The number of aliphatic imine (C=N–C) groups is 2. The summed E-state index contributed by atoms with van der Waals surface area (Å²) in [4.78, 5) is 10.1. The summed E-state index contributed by atoms with van der Waals surface area (Å²) in [5.74, 6) is 0. The molecule has 196 valence electrons. The van der Waals surface area contributed by atoms with E-state index in [4.69, 9.17) is 9.98 Å². The smallest absolute Gasteiger partial charge is 0.0709 e. The van der Waals surface area contributed by atoms with Gasteiger partial charge in [0.2, 0.25) is 0 Å². The third-order valence-corrected chi connectivity index (χ3v) is 8.17. The lowest BCUT2D eigenvalue weighted by Crippen LogP contribution is -1.89. The minimum Gasteiger partial charge on any atom is -0.256 e. The molecule has 0 aliphatic heterocycles. The predicted molar refractivity (Wildman–Crippen MR) is 181 cm³/mol. The van der Waals surface area contributed by atoms with Crippen LogP contribution in [0.4, 0.5) is 11.4 Å². The molecule has 8 aromatic rings. The predicted octanol–water partition coefficient (Wildman–Crippen LogP) is 11.0. The highest BCUT2D eigenvalue weighted by Crippen LogP contribution is 2.34. The monoisotopic (exact) mass is 534 g/mol. The van der Waals surface area contributed by atoms with Gasteiger partial charge in [-0.3, -0.25) is 9.98 Å². The molecule has 0 aromatic heterocycles. The lowest BCUT2D eigenvalue weighted by Gasteiger charge is -2.09. The van der Waals surface area contributed by atoms with Gasteiger partial charge < -0.3 is 0 Å². The first-order valence-corrected chi connectivity index (χ1v) is 14.2. The summed E-state index contributed by atoms with van der Waals surface area (Å²) >= 11 is 0. The summed E-state index contributed by atoms with van der Waals surface area (Å²) in [5, 5.41) is 11.8. The van der Waals surface area contributed by atoms with Crippen molar-refractivity contribution in [3.05, 3.63) is 157 Å². The maximum absolute atomic E-state index is 5.07. The van der Waals surface area contributed by atoms with Crippen molar-refractivity contribution < 1.29 is 0 Å². The first-order valence-electron chi connectivity index (χ1n) is 14.2. The lowest BCUT2D eigenvalue weighted by atomic mass is 9.97. The maximum Gasteiger partial charge on any atom is 0.0709 e. The molecule has 0 aliphatic rings. The van der Waals surface area contributed by atoms with Crippen molar-refractivity contribution in [1.29, 1.82) is 0 Å². The minimum absolute atomic E-state index is 0.928. The summed E-state index contributed by atoms with van der Waals surface area (Å²) < 4.78 is 0. The number of fused-ring (bicyclic) bond motifs is 5. The number of benzene rings is 8. The average Bonchev–Trinajstić information content (AvgIpc) is 3.05. The minimum atomic E-state index is 0.928. The van der Waals surface area contributed by atoms with Gasteiger partial charge in [0.05, 0.1) is 11.4 Å². The van der Waals surface area contributed by atoms with Crippen molar-refractivity contribution in [3.63, 3.8) is 0 Å². The molecule has 0 atom stereocenters. The van der Waals surface area contributed by atoms with E-state index >= 15 is 0 Å². The molecular formula is C40H26N2. The van der Waals surface area contributed by atoms with E-state index in [1.54, 1.807) is 0 Å². The molecule has 0 radical (unpaired) electrons. The number of hydrogen-bond acceptors (Lipinski definition) is 2. The standard InChI is InChI=1S/C40H26N2/c1-5-15-31-27(11-1)23-28-12-2-6-16-32(28)37(31)25-41-39-21-9-20-36-35(39)19-10-22-40(36)42-26-38-33-17-7-3-13-29(33)24-30-14-4-8-18-34(30)38/h1-26H. The zero-order valence-electron chi connectivity index (χ0n) is 22.9. The van der Waals surface area contributed by atoms with Gasteiger partial charge in [-0.1, -0.05) is 121 Å². The second kappa shape index (κ2) is 10.1. The van der Waals surface area contributed by atoms with E-state index < -0.39 is 0 Å². The third-order valence-electron chi connectivity index (χ3n) is 8.17. The van der Waals surface area contributed by atoms with E-state index in [1.807, 2.05) is 12.4 Å². The Kier molecular flexibility index (Phi) is 5.82. The fourth-order valence-corrected chi connectivity index (χ4v) is 6.15. The topological polar surface area (TPSA) is 24.7 Å². The Bertz CT molecular complexity index is 2090. The van der Waals surface area contributed by atoms with Crippen LogP contribution in [0.25, 0.3) is 53.9 Å². The van der Waals surface area contributed by atoms with E-state index in [0.29, 0.717) is 0 Å². The zero-order valence-corrected chi connectivity index (χ0v) is 22.9. The maximum atomic E-state index is 5.07. The quantitative estimate of drug-likeness (QED) is 0.158. The molecule has 0 bridgehead atoms. The fourth-order valence-electron chi connectivity index (χ4n) is 6.15. The highest BCUT2D eigenvalue weighted by molar-refractivity contribution is 6.16. The summed E-state index contributed by atoms with van der Waals surface area (Å²) in [6.45, 7) is 0. The van der Waals surface area contributed by atoms with Crippen LogP contribution in [-0.4, -0.2) is 12.4 Å². The fraction of sp³-hybridized carbons (Fsp3) is 0. The van der Waals surface area contributed by atoms with Gasteiger partial charge in [0.25, 0.3) is 0 Å². The highest BCUT2D eigenvalue weighted by Gasteiger charge is 2.09. The van der Waals surface area contributed by atoms with Gasteiger partial charge in [-0.15, -0.1) is 0 Å². The van der Waals surface area contributed by atoms with Crippen molar-refractivity contribution >= 4 is 77.7 Å². The summed E-state index contributed by atoms with van der Waals surface area (Å²) in [7, 11) is 0. The largest absolute Gasteiger partial charge is 0.256 e. The number of hydrogen-bond donors (Lipinski definition) is 0. The van der Waals surface area contributed by atoms with E-state index in [0.717, 1.165) is 33.3 Å². The van der Waals surface area contributed by atoms with Crippen molar-refractivity contribution in [2.24, 2.45) is 9.98 Å². The molecule has 0 saturated heterocycles. The van der Waals surface area contributed by atoms with E-state index in [2.05, 4.69) is 146 Å². The van der Waals surface area contributed by atoms with Gasteiger partial charge >= 0.3 is 0 Å². The van der Waals surface area contributed by atoms with Crippen LogP contribution in [0, 0.1) is 0 Å². The second-order valence-corrected chi connectivity index (χ2v) is 10.6. The van der Waals surface area contributed by atoms with Gasteiger partial charge in [-0.25, -0.2) is 0 Å². The molecule has 0 aliphatic carbocycles. The molecule has 2 heteroatoms. The van der Waals surface area contributed by atoms with Gasteiger partial charge in [-0.2, -0.15) is 0 Å². The van der Waals surface area contributed by atoms with Gasteiger partial charge in [-0.05, 0) is 67.4 Å². The SMILES string of the molecule is C(=Nc1cccc2c(N=Cc3c4ccccc4cc4ccccc34)cccc12)c1c2ccccc2cc2ccccc12. The molecule has 0 heterocycles. The van der Waals surface area contributed by atoms with Crippen LogP contribution in [0.3, 0.4) is 0 Å².